The largest absolute Gasteiger partial charge is 1.00 e. The number of hydrogen-bond acceptors (Lipinski definition) is 4. The third-order valence-corrected chi connectivity index (χ3v) is 5.08. The van der Waals surface area contributed by atoms with Gasteiger partial charge >= 0.3 is 29.6 Å². The fourth-order valence-electron chi connectivity index (χ4n) is 3.38. The maximum absolute atomic E-state index is 12.0. The van der Waals surface area contributed by atoms with Crippen LogP contribution in [-0.2, 0) is 14.9 Å². The van der Waals surface area contributed by atoms with Crippen LogP contribution in [0.15, 0.2) is 0 Å². The number of Topliss-reactive ketones (excluding diaryl/α,β-unsaturated/α-hetero) is 1. The molecule has 0 N–H and O–H groups in total. The smallest absolute Gasteiger partial charge is 0.748 e. The van der Waals surface area contributed by atoms with E-state index in [9.17, 15) is 17.8 Å². The summed E-state index contributed by atoms with van der Waals surface area (Å²) in [5.41, 5.74) is -1.23. The summed E-state index contributed by atoms with van der Waals surface area (Å²) in [5.74, 6) is -0.517. The first-order valence-electron chi connectivity index (χ1n) is 5.16. The summed E-state index contributed by atoms with van der Waals surface area (Å²) < 4.78 is 32.7. The summed E-state index contributed by atoms with van der Waals surface area (Å²) >= 11 is 0. The molecule has 86 valence electrons. The Balaban J connectivity index is 0.00000128. The van der Waals surface area contributed by atoms with Crippen molar-refractivity contribution in [2.75, 3.05) is 5.75 Å². The first kappa shape index (κ1) is 14.6. The molecule has 2 saturated carbocycles. The Kier molecular flexibility index (Phi) is 3.71. The van der Waals surface area contributed by atoms with Crippen LogP contribution in [0.4, 0.5) is 0 Å². The Morgan fingerprint density at radius 1 is 1.44 bits per heavy atom. The average Bonchev–Trinajstić information content (AvgIpc) is 2.37. The van der Waals surface area contributed by atoms with E-state index >= 15 is 0 Å². The third-order valence-electron chi connectivity index (χ3n) is 4.24. The van der Waals surface area contributed by atoms with Crippen molar-refractivity contribution >= 4 is 15.9 Å². The molecule has 2 rings (SSSR count). The normalized spacial score (nSPS) is 36.2. The molecule has 2 fully saturated rings. The van der Waals surface area contributed by atoms with Crippen LogP contribution in [0.5, 0.6) is 0 Å². The second-order valence-electron chi connectivity index (χ2n) is 5.47. The molecule has 16 heavy (non-hydrogen) atoms. The summed E-state index contributed by atoms with van der Waals surface area (Å²) in [7, 11) is -4.33. The molecule has 2 bridgehead atoms. The van der Waals surface area contributed by atoms with E-state index in [1.54, 1.807) is 0 Å². The van der Waals surface area contributed by atoms with Gasteiger partial charge in [0.2, 0.25) is 0 Å². The van der Waals surface area contributed by atoms with Gasteiger partial charge in [0.25, 0.3) is 0 Å². The van der Waals surface area contributed by atoms with Crippen molar-refractivity contribution in [3.05, 3.63) is 0 Å². The summed E-state index contributed by atoms with van der Waals surface area (Å²) in [6.07, 6.45) is 2.03. The third kappa shape index (κ3) is 2.01. The van der Waals surface area contributed by atoms with Crippen molar-refractivity contribution in [3.8, 4) is 0 Å². The molecule has 0 heterocycles. The molecule has 0 amide bonds. The average molecular weight is 254 g/mol. The molecule has 0 aromatic carbocycles. The van der Waals surface area contributed by atoms with Crippen LogP contribution in [0, 0.1) is 16.7 Å². The molecule has 0 aliphatic heterocycles. The van der Waals surface area contributed by atoms with Gasteiger partial charge < -0.3 is 4.55 Å². The van der Waals surface area contributed by atoms with Crippen molar-refractivity contribution in [1.29, 1.82) is 0 Å². The van der Waals surface area contributed by atoms with E-state index in [1.165, 1.54) is 0 Å². The minimum absolute atomic E-state index is 0. The molecular weight excluding hydrogens is 239 g/mol. The molecule has 0 aromatic rings. The SMILES string of the molecule is CC1(C)CC2CCC1(CS(=O)(=O)[O-])C2=O.[Na+]. The van der Waals surface area contributed by atoms with Gasteiger partial charge in [-0.15, -0.1) is 0 Å². The van der Waals surface area contributed by atoms with Gasteiger partial charge in [-0.25, -0.2) is 8.42 Å². The molecule has 0 aromatic heterocycles. The van der Waals surface area contributed by atoms with Crippen LogP contribution in [0.3, 0.4) is 0 Å². The zero-order valence-electron chi connectivity index (χ0n) is 9.95. The van der Waals surface area contributed by atoms with Crippen LogP contribution in [-0.4, -0.2) is 24.5 Å². The van der Waals surface area contributed by atoms with Gasteiger partial charge in [0.15, 0.2) is 0 Å². The van der Waals surface area contributed by atoms with E-state index in [4.69, 9.17) is 0 Å². The van der Waals surface area contributed by atoms with Crippen molar-refractivity contribution < 1.29 is 47.3 Å². The molecule has 2 atom stereocenters. The van der Waals surface area contributed by atoms with E-state index in [0.29, 0.717) is 6.42 Å². The molecule has 2 unspecified atom stereocenters. The standard InChI is InChI=1S/C10H16O4S.Na/c1-9(2)5-7-3-4-10(9,8(7)11)6-15(12,13)14;/h7H,3-6H2,1-2H3,(H,12,13,14);/q;+1/p-1. The number of ketones is 1. The molecule has 0 spiro atoms. The summed E-state index contributed by atoms with van der Waals surface area (Å²) in [4.78, 5) is 12.0. The van der Waals surface area contributed by atoms with E-state index < -0.39 is 21.3 Å². The van der Waals surface area contributed by atoms with E-state index in [2.05, 4.69) is 0 Å². The first-order chi connectivity index (χ1) is 6.68. The Hall–Kier alpha value is 0.580. The maximum Gasteiger partial charge on any atom is 1.00 e. The van der Waals surface area contributed by atoms with Crippen molar-refractivity contribution in [2.24, 2.45) is 16.7 Å². The number of carbonyl (C=O) groups is 1. The molecule has 0 radical (unpaired) electrons. The van der Waals surface area contributed by atoms with Gasteiger partial charge in [0, 0.05) is 11.3 Å². The molecule has 0 saturated heterocycles. The number of carbonyl (C=O) groups excluding carboxylic acids is 1. The van der Waals surface area contributed by atoms with Gasteiger partial charge in [-0.1, -0.05) is 13.8 Å². The van der Waals surface area contributed by atoms with Crippen LogP contribution in [0.2, 0.25) is 0 Å². The van der Waals surface area contributed by atoms with Crippen molar-refractivity contribution in [1.82, 2.24) is 0 Å². The Bertz CT molecular complexity index is 415. The minimum Gasteiger partial charge on any atom is -0.748 e. The minimum atomic E-state index is -4.33. The molecule has 2 aliphatic carbocycles. The second-order valence-corrected chi connectivity index (χ2v) is 6.88. The van der Waals surface area contributed by atoms with Crippen LogP contribution >= 0.6 is 0 Å². The van der Waals surface area contributed by atoms with E-state index in [1.807, 2.05) is 13.8 Å². The molecular formula is C10H15NaO4S. The Morgan fingerprint density at radius 2 is 2.00 bits per heavy atom. The molecule has 4 nitrogen and oxygen atoms in total. The zero-order valence-corrected chi connectivity index (χ0v) is 12.8. The number of rotatable bonds is 2. The predicted molar refractivity (Wildman–Crippen MR) is 53.1 cm³/mol. The van der Waals surface area contributed by atoms with Gasteiger partial charge in [-0.05, 0) is 24.7 Å². The summed E-state index contributed by atoms with van der Waals surface area (Å²) in [6, 6.07) is 0. The van der Waals surface area contributed by atoms with E-state index in [0.717, 1.165) is 12.8 Å². The molecule has 2 aliphatic rings. The fourth-order valence-corrected chi connectivity index (χ4v) is 4.67. The van der Waals surface area contributed by atoms with Gasteiger partial charge in [-0.3, -0.25) is 4.79 Å². The number of fused-ring (bicyclic) bond motifs is 2. The quantitative estimate of drug-likeness (QED) is 0.419. The van der Waals surface area contributed by atoms with Crippen LogP contribution in [0.1, 0.15) is 33.1 Å². The van der Waals surface area contributed by atoms with Gasteiger partial charge in [-0.2, -0.15) is 0 Å². The molecule has 6 heteroatoms. The fraction of sp³-hybridized carbons (Fsp3) is 0.900. The van der Waals surface area contributed by atoms with Crippen molar-refractivity contribution in [2.45, 2.75) is 33.1 Å². The zero-order chi connectivity index (χ0) is 11.5. The number of hydrogen-bond donors (Lipinski definition) is 0. The summed E-state index contributed by atoms with van der Waals surface area (Å²) in [5, 5.41) is 0. The predicted octanol–water partition coefficient (Wildman–Crippen LogP) is -2.07. The van der Waals surface area contributed by atoms with Crippen molar-refractivity contribution in [3.63, 3.8) is 0 Å². The first-order valence-corrected chi connectivity index (χ1v) is 6.74. The monoisotopic (exact) mass is 254 g/mol. The van der Waals surface area contributed by atoms with E-state index in [-0.39, 0.29) is 46.7 Å². The summed E-state index contributed by atoms with van der Waals surface area (Å²) in [6.45, 7) is 3.80. The second kappa shape index (κ2) is 4.05. The van der Waals surface area contributed by atoms with Crippen LogP contribution in [0.25, 0.3) is 0 Å². The Labute approximate surface area is 118 Å². The Morgan fingerprint density at radius 3 is 2.31 bits per heavy atom. The topological polar surface area (TPSA) is 74.3 Å². The van der Waals surface area contributed by atoms with Gasteiger partial charge in [0.05, 0.1) is 15.9 Å². The van der Waals surface area contributed by atoms with Crippen LogP contribution < -0.4 is 29.6 Å². The maximum atomic E-state index is 12.0. The van der Waals surface area contributed by atoms with Gasteiger partial charge in [0.1, 0.15) is 5.78 Å².